The van der Waals surface area contributed by atoms with Crippen LogP contribution in [0.15, 0.2) is 84.9 Å². The van der Waals surface area contributed by atoms with Gasteiger partial charge in [-0.15, -0.1) is 0 Å². The Labute approximate surface area is 198 Å². The van der Waals surface area contributed by atoms with Crippen molar-refractivity contribution >= 4 is 0 Å². The highest BCUT2D eigenvalue weighted by Crippen LogP contribution is 2.57. The number of aliphatic hydroxyl groups is 1. The molecule has 0 aliphatic carbocycles. The molecule has 3 heterocycles. The number of quaternary nitrogens is 1. The number of nitrogens with zero attached hydrogens (tertiary/aromatic N) is 1. The van der Waals surface area contributed by atoms with Gasteiger partial charge in [0, 0.05) is 24.7 Å². The van der Waals surface area contributed by atoms with E-state index in [9.17, 15) is 5.11 Å². The molecule has 0 spiro atoms. The van der Waals surface area contributed by atoms with Crippen molar-refractivity contribution in [3.8, 4) is 0 Å². The molecule has 3 aromatic carbocycles. The largest absolute Gasteiger partial charge is 0.380 e. The fourth-order valence-electron chi connectivity index (χ4n) is 6.33. The van der Waals surface area contributed by atoms with Gasteiger partial charge in [-0.25, -0.2) is 0 Å². The Morgan fingerprint density at radius 3 is 1.94 bits per heavy atom. The molecule has 3 aromatic rings. The van der Waals surface area contributed by atoms with Gasteiger partial charge in [-0.05, 0) is 23.6 Å². The van der Waals surface area contributed by atoms with Gasteiger partial charge in [0.15, 0.2) is 0 Å². The van der Waals surface area contributed by atoms with Crippen LogP contribution >= 0.6 is 0 Å². The number of piperidine rings is 3. The fraction of sp³-hybridized carbons (Fsp3) is 0.400. The Bertz CT molecular complexity index is 999. The third kappa shape index (κ3) is 4.14. The van der Waals surface area contributed by atoms with Crippen molar-refractivity contribution in [3.63, 3.8) is 0 Å². The Balaban J connectivity index is 1.29. The molecule has 3 aliphatic rings. The number of benzene rings is 3. The van der Waals surface area contributed by atoms with E-state index in [4.69, 9.17) is 4.74 Å². The maximum atomic E-state index is 12.5. The molecule has 0 radical (unpaired) electrons. The topological polar surface area (TPSA) is 29.5 Å². The summed E-state index contributed by atoms with van der Waals surface area (Å²) in [5.74, 6) is 0. The summed E-state index contributed by atoms with van der Waals surface area (Å²) in [7, 11) is 0. The molecular formula is C30H36NO2+. The predicted octanol–water partition coefficient (Wildman–Crippen LogP) is 5.45. The zero-order valence-corrected chi connectivity index (χ0v) is 19.7. The highest BCUT2D eigenvalue weighted by molar-refractivity contribution is 5.39. The average molecular weight is 443 g/mol. The van der Waals surface area contributed by atoms with Gasteiger partial charge < -0.3 is 14.3 Å². The van der Waals surface area contributed by atoms with Gasteiger partial charge >= 0.3 is 0 Å². The number of ether oxygens (including phenoxy) is 1. The molecule has 3 heteroatoms. The second-order valence-electron chi connectivity index (χ2n) is 10.3. The molecule has 33 heavy (non-hydrogen) atoms. The van der Waals surface area contributed by atoms with Gasteiger partial charge in [0.25, 0.3) is 0 Å². The molecule has 1 N–H and O–H groups in total. The molecule has 0 atom stereocenters. The lowest BCUT2D eigenvalue weighted by Crippen LogP contribution is -2.67. The van der Waals surface area contributed by atoms with E-state index < -0.39 is 5.60 Å². The number of aryl methyl sites for hydroxylation is 1. The summed E-state index contributed by atoms with van der Waals surface area (Å²) in [6.45, 7) is 8.04. The smallest absolute Gasteiger partial charge is 0.121 e. The van der Waals surface area contributed by atoms with Crippen LogP contribution in [0.5, 0.6) is 0 Å². The van der Waals surface area contributed by atoms with Gasteiger partial charge in [-0.1, -0.05) is 90.5 Å². The summed E-state index contributed by atoms with van der Waals surface area (Å²) >= 11 is 0. The third-order valence-corrected chi connectivity index (χ3v) is 8.41. The van der Waals surface area contributed by atoms with E-state index in [1.54, 1.807) is 0 Å². The summed E-state index contributed by atoms with van der Waals surface area (Å²) in [5, 5.41) is 12.5. The maximum Gasteiger partial charge on any atom is 0.121 e. The average Bonchev–Trinajstić information content (AvgIpc) is 2.88. The van der Waals surface area contributed by atoms with Crippen molar-refractivity contribution in [2.45, 2.75) is 38.4 Å². The standard InChI is InChI=1S/C30H36NO2/c1-25-9-8-10-26(23-25)24-33-22-21-31-18-15-29(16-19-31,17-20-31)30(32,27-11-4-2-5-12-27)28-13-6-3-7-14-28/h2-14,23,32H,15-22,24H2,1H3/q+1. The Hall–Kier alpha value is -2.46. The van der Waals surface area contributed by atoms with Crippen molar-refractivity contribution in [1.82, 2.24) is 0 Å². The quantitative estimate of drug-likeness (QED) is 0.371. The minimum atomic E-state index is -0.951. The first-order valence-electron chi connectivity index (χ1n) is 12.4. The minimum absolute atomic E-state index is 0.113. The molecule has 2 bridgehead atoms. The molecule has 3 nitrogen and oxygen atoms in total. The number of fused-ring (bicyclic) bond motifs is 3. The number of hydrogen-bond acceptors (Lipinski definition) is 2. The van der Waals surface area contributed by atoms with Crippen LogP contribution in [0, 0.1) is 12.3 Å². The van der Waals surface area contributed by atoms with Crippen molar-refractivity contribution in [2.75, 3.05) is 32.8 Å². The number of rotatable bonds is 8. The lowest BCUT2D eigenvalue weighted by molar-refractivity contribution is -0.946. The van der Waals surface area contributed by atoms with E-state index in [0.717, 1.165) is 67.7 Å². The first kappa shape index (κ1) is 22.3. The highest BCUT2D eigenvalue weighted by atomic mass is 16.5. The van der Waals surface area contributed by atoms with Crippen LogP contribution in [-0.2, 0) is 16.9 Å². The molecule has 3 aliphatic heterocycles. The summed E-state index contributed by atoms with van der Waals surface area (Å²) in [6, 6.07) is 29.3. The summed E-state index contributed by atoms with van der Waals surface area (Å²) < 4.78 is 7.22. The van der Waals surface area contributed by atoms with Crippen LogP contribution in [0.3, 0.4) is 0 Å². The fourth-order valence-corrected chi connectivity index (χ4v) is 6.33. The zero-order valence-electron chi connectivity index (χ0n) is 19.7. The van der Waals surface area contributed by atoms with Crippen LogP contribution in [0.25, 0.3) is 0 Å². The van der Waals surface area contributed by atoms with Gasteiger partial charge in [0.1, 0.15) is 12.1 Å². The second kappa shape index (κ2) is 9.06. The Morgan fingerprint density at radius 2 is 1.39 bits per heavy atom. The van der Waals surface area contributed by atoms with E-state index in [1.165, 1.54) is 11.1 Å². The Morgan fingerprint density at radius 1 is 0.818 bits per heavy atom. The number of hydrogen-bond donors (Lipinski definition) is 1. The third-order valence-electron chi connectivity index (χ3n) is 8.41. The monoisotopic (exact) mass is 442 g/mol. The van der Waals surface area contributed by atoms with Gasteiger partial charge in [0.2, 0.25) is 0 Å². The van der Waals surface area contributed by atoms with E-state index in [2.05, 4.69) is 79.7 Å². The van der Waals surface area contributed by atoms with Crippen LogP contribution in [0.4, 0.5) is 0 Å². The van der Waals surface area contributed by atoms with Crippen LogP contribution in [-0.4, -0.2) is 42.4 Å². The van der Waals surface area contributed by atoms with Gasteiger partial charge in [0.05, 0.1) is 32.8 Å². The van der Waals surface area contributed by atoms with Crippen LogP contribution in [0.1, 0.15) is 41.5 Å². The van der Waals surface area contributed by atoms with Crippen molar-refractivity contribution in [3.05, 3.63) is 107 Å². The first-order chi connectivity index (χ1) is 16.1. The lowest BCUT2D eigenvalue weighted by Gasteiger charge is -2.60. The summed E-state index contributed by atoms with van der Waals surface area (Å²) in [6.07, 6.45) is 3.14. The normalized spacial score (nSPS) is 24.7. The van der Waals surface area contributed by atoms with Gasteiger partial charge in [-0.3, -0.25) is 0 Å². The molecule has 3 saturated heterocycles. The molecular weight excluding hydrogens is 406 g/mol. The van der Waals surface area contributed by atoms with E-state index >= 15 is 0 Å². The molecule has 6 rings (SSSR count). The second-order valence-corrected chi connectivity index (χ2v) is 10.3. The van der Waals surface area contributed by atoms with Crippen LogP contribution < -0.4 is 0 Å². The lowest BCUT2D eigenvalue weighted by atomic mass is 9.56. The first-order valence-corrected chi connectivity index (χ1v) is 12.4. The SMILES string of the molecule is Cc1cccc(COCC[N+]23CCC(C(O)(c4ccccc4)c4ccccc4)(CC2)CC3)c1. The van der Waals surface area contributed by atoms with Gasteiger partial charge in [-0.2, -0.15) is 0 Å². The van der Waals surface area contributed by atoms with Crippen molar-refractivity contribution in [2.24, 2.45) is 5.41 Å². The zero-order chi connectivity index (χ0) is 22.8. The molecule has 3 fully saturated rings. The Kier molecular flexibility index (Phi) is 6.13. The van der Waals surface area contributed by atoms with Crippen molar-refractivity contribution in [1.29, 1.82) is 0 Å². The summed E-state index contributed by atoms with van der Waals surface area (Å²) in [4.78, 5) is 0. The minimum Gasteiger partial charge on any atom is -0.380 e. The summed E-state index contributed by atoms with van der Waals surface area (Å²) in [5.41, 5.74) is 3.53. The molecule has 0 aromatic heterocycles. The van der Waals surface area contributed by atoms with Crippen LogP contribution in [0.2, 0.25) is 0 Å². The van der Waals surface area contributed by atoms with E-state index in [1.807, 2.05) is 12.1 Å². The molecule has 0 unspecified atom stereocenters. The maximum absolute atomic E-state index is 12.5. The molecule has 0 amide bonds. The molecule has 172 valence electrons. The van der Waals surface area contributed by atoms with E-state index in [0.29, 0.717) is 6.61 Å². The van der Waals surface area contributed by atoms with Crippen molar-refractivity contribution < 1.29 is 14.3 Å². The highest BCUT2D eigenvalue weighted by Gasteiger charge is 2.60. The predicted molar refractivity (Wildman–Crippen MR) is 133 cm³/mol. The van der Waals surface area contributed by atoms with E-state index in [-0.39, 0.29) is 5.41 Å². The molecule has 0 saturated carbocycles.